The van der Waals surface area contributed by atoms with Gasteiger partial charge in [-0.3, -0.25) is 0 Å². The fourth-order valence-corrected chi connectivity index (χ4v) is 3.28. The zero-order chi connectivity index (χ0) is 16.3. The van der Waals surface area contributed by atoms with Gasteiger partial charge >= 0.3 is 5.97 Å². The van der Waals surface area contributed by atoms with E-state index in [9.17, 15) is 9.90 Å². The molecule has 0 spiro atoms. The first-order chi connectivity index (χ1) is 10.4. The van der Waals surface area contributed by atoms with Crippen molar-refractivity contribution in [1.82, 2.24) is 0 Å². The van der Waals surface area contributed by atoms with Crippen molar-refractivity contribution in [2.24, 2.45) is 0 Å². The molecule has 1 aliphatic heterocycles. The molecule has 0 saturated heterocycles. The standard InChI is InChI=1S/C18H25NO3/c1-4-9-18(3)11-15(20)16(17(21)22-18)14(5-2)12-7-6-8-13(19)10-12/h6-8,10,14,20H,4-5,9,11,19H2,1-3H3/t14?,18-/m0/s1. The number of hydrogen-bond acceptors (Lipinski definition) is 4. The van der Waals surface area contributed by atoms with Gasteiger partial charge in [-0.15, -0.1) is 0 Å². The summed E-state index contributed by atoms with van der Waals surface area (Å²) in [5.74, 6) is -0.447. The first kappa shape index (κ1) is 16.4. The summed E-state index contributed by atoms with van der Waals surface area (Å²) >= 11 is 0. The lowest BCUT2D eigenvalue weighted by Crippen LogP contribution is -2.38. The van der Waals surface area contributed by atoms with Gasteiger partial charge in [0.2, 0.25) is 0 Å². The van der Waals surface area contributed by atoms with Crippen LogP contribution < -0.4 is 5.73 Å². The van der Waals surface area contributed by atoms with Crippen molar-refractivity contribution in [3.05, 3.63) is 41.2 Å². The van der Waals surface area contributed by atoms with Gasteiger partial charge in [0.1, 0.15) is 11.4 Å². The molecule has 2 atom stereocenters. The Labute approximate surface area is 132 Å². The van der Waals surface area contributed by atoms with E-state index in [-0.39, 0.29) is 11.7 Å². The molecule has 2 rings (SSSR count). The van der Waals surface area contributed by atoms with Crippen molar-refractivity contribution in [2.75, 3.05) is 5.73 Å². The summed E-state index contributed by atoms with van der Waals surface area (Å²) in [7, 11) is 0. The molecule has 4 nitrogen and oxygen atoms in total. The van der Waals surface area contributed by atoms with E-state index in [1.54, 1.807) is 0 Å². The minimum absolute atomic E-state index is 0.154. The third-order valence-electron chi connectivity index (χ3n) is 4.26. The maximum Gasteiger partial charge on any atom is 0.338 e. The largest absolute Gasteiger partial charge is 0.512 e. The van der Waals surface area contributed by atoms with E-state index < -0.39 is 11.6 Å². The average molecular weight is 303 g/mol. The monoisotopic (exact) mass is 303 g/mol. The second-order valence-corrected chi connectivity index (χ2v) is 6.26. The Hall–Kier alpha value is -1.97. The van der Waals surface area contributed by atoms with Crippen molar-refractivity contribution < 1.29 is 14.6 Å². The van der Waals surface area contributed by atoms with Crippen LogP contribution in [0.5, 0.6) is 0 Å². The Kier molecular flexibility index (Phi) is 4.79. The quantitative estimate of drug-likeness (QED) is 0.635. The second kappa shape index (κ2) is 6.42. The lowest BCUT2D eigenvalue weighted by atomic mass is 9.83. The normalized spacial score (nSPS) is 23.3. The van der Waals surface area contributed by atoms with E-state index in [0.29, 0.717) is 24.1 Å². The molecule has 1 aliphatic rings. The molecule has 1 unspecified atom stereocenters. The van der Waals surface area contributed by atoms with Gasteiger partial charge in [0, 0.05) is 18.0 Å². The smallest absolute Gasteiger partial charge is 0.338 e. The molecular formula is C18H25NO3. The van der Waals surface area contributed by atoms with E-state index in [4.69, 9.17) is 10.5 Å². The third kappa shape index (κ3) is 3.26. The SMILES string of the molecule is CCC[C@@]1(C)CC(O)=C(C(CC)c2cccc(N)c2)C(=O)O1. The number of anilines is 1. The Morgan fingerprint density at radius 1 is 1.41 bits per heavy atom. The first-order valence-corrected chi connectivity index (χ1v) is 7.91. The molecule has 0 radical (unpaired) electrons. The molecule has 0 bridgehead atoms. The minimum atomic E-state index is -0.604. The number of carbonyl (C=O) groups is 1. The number of nitrogen functional groups attached to an aromatic ring is 1. The summed E-state index contributed by atoms with van der Waals surface area (Å²) in [5, 5.41) is 10.5. The van der Waals surface area contributed by atoms with Crippen LogP contribution in [0.15, 0.2) is 35.6 Å². The molecule has 22 heavy (non-hydrogen) atoms. The number of aliphatic hydroxyl groups excluding tert-OH is 1. The van der Waals surface area contributed by atoms with Gasteiger partial charge in [0.15, 0.2) is 0 Å². The van der Waals surface area contributed by atoms with Crippen LogP contribution in [0.4, 0.5) is 5.69 Å². The van der Waals surface area contributed by atoms with Crippen LogP contribution >= 0.6 is 0 Å². The molecule has 0 saturated carbocycles. The molecule has 1 aromatic carbocycles. The van der Waals surface area contributed by atoms with Crippen LogP contribution in [0.3, 0.4) is 0 Å². The summed E-state index contributed by atoms with van der Waals surface area (Å²) in [5.41, 5.74) is 7.19. The summed E-state index contributed by atoms with van der Waals surface area (Å²) < 4.78 is 5.64. The van der Waals surface area contributed by atoms with Gasteiger partial charge in [-0.05, 0) is 37.5 Å². The van der Waals surface area contributed by atoms with E-state index in [0.717, 1.165) is 18.4 Å². The van der Waals surface area contributed by atoms with Crippen molar-refractivity contribution in [1.29, 1.82) is 0 Å². The predicted octanol–water partition coefficient (Wildman–Crippen LogP) is 4.08. The zero-order valence-corrected chi connectivity index (χ0v) is 13.6. The van der Waals surface area contributed by atoms with Crippen LogP contribution in [-0.4, -0.2) is 16.7 Å². The minimum Gasteiger partial charge on any atom is -0.512 e. The number of nitrogens with two attached hydrogens (primary N) is 1. The molecule has 0 amide bonds. The van der Waals surface area contributed by atoms with Gasteiger partial charge in [-0.25, -0.2) is 4.79 Å². The third-order valence-corrected chi connectivity index (χ3v) is 4.26. The number of cyclic esters (lactones) is 1. The van der Waals surface area contributed by atoms with Crippen molar-refractivity contribution in [3.63, 3.8) is 0 Å². The maximum absolute atomic E-state index is 12.5. The van der Waals surface area contributed by atoms with E-state index in [1.807, 2.05) is 45.0 Å². The van der Waals surface area contributed by atoms with Gasteiger partial charge in [-0.1, -0.05) is 32.4 Å². The molecule has 4 heteroatoms. The van der Waals surface area contributed by atoms with Gasteiger partial charge < -0.3 is 15.6 Å². The highest BCUT2D eigenvalue weighted by molar-refractivity contribution is 5.92. The van der Waals surface area contributed by atoms with Crippen LogP contribution in [0.1, 0.15) is 57.9 Å². The first-order valence-electron chi connectivity index (χ1n) is 7.91. The number of benzene rings is 1. The Morgan fingerprint density at radius 2 is 2.14 bits per heavy atom. The molecule has 3 N–H and O–H groups in total. The molecule has 0 fully saturated rings. The highest BCUT2D eigenvalue weighted by Gasteiger charge is 2.40. The number of aliphatic hydroxyl groups is 1. The fraction of sp³-hybridized carbons (Fsp3) is 0.500. The second-order valence-electron chi connectivity index (χ2n) is 6.26. The Balaban J connectivity index is 2.38. The summed E-state index contributed by atoms with van der Waals surface area (Å²) in [6.07, 6.45) is 2.72. The van der Waals surface area contributed by atoms with Crippen LogP contribution in [-0.2, 0) is 9.53 Å². The molecule has 1 heterocycles. The summed E-state index contributed by atoms with van der Waals surface area (Å²) in [6.45, 7) is 5.90. The molecule has 0 aliphatic carbocycles. The lowest BCUT2D eigenvalue weighted by molar-refractivity contribution is -0.158. The average Bonchev–Trinajstić information content (AvgIpc) is 2.42. The molecule has 120 valence electrons. The maximum atomic E-state index is 12.5. The van der Waals surface area contributed by atoms with E-state index in [1.165, 1.54) is 0 Å². The number of ether oxygens (including phenoxy) is 1. The van der Waals surface area contributed by atoms with Gasteiger partial charge in [-0.2, -0.15) is 0 Å². The predicted molar refractivity (Wildman–Crippen MR) is 87.6 cm³/mol. The van der Waals surface area contributed by atoms with E-state index in [2.05, 4.69) is 0 Å². The van der Waals surface area contributed by atoms with Crippen molar-refractivity contribution >= 4 is 11.7 Å². The highest BCUT2D eigenvalue weighted by atomic mass is 16.6. The summed E-state index contributed by atoms with van der Waals surface area (Å²) in [4.78, 5) is 12.5. The molecular weight excluding hydrogens is 278 g/mol. The topological polar surface area (TPSA) is 72.5 Å². The highest BCUT2D eigenvalue weighted by Crippen LogP contribution is 2.39. The van der Waals surface area contributed by atoms with E-state index >= 15 is 0 Å². The van der Waals surface area contributed by atoms with Gasteiger partial charge in [0.05, 0.1) is 5.57 Å². The Morgan fingerprint density at radius 3 is 2.68 bits per heavy atom. The van der Waals surface area contributed by atoms with Crippen molar-refractivity contribution in [2.45, 2.75) is 58.0 Å². The molecule has 0 aromatic heterocycles. The zero-order valence-electron chi connectivity index (χ0n) is 13.6. The summed E-state index contributed by atoms with van der Waals surface area (Å²) in [6, 6.07) is 7.45. The number of carbonyl (C=O) groups excluding carboxylic acids is 1. The lowest BCUT2D eigenvalue weighted by Gasteiger charge is -2.35. The number of hydrogen-bond donors (Lipinski definition) is 2. The number of esters is 1. The van der Waals surface area contributed by atoms with Crippen LogP contribution in [0.2, 0.25) is 0 Å². The van der Waals surface area contributed by atoms with Gasteiger partial charge in [0.25, 0.3) is 0 Å². The fourth-order valence-electron chi connectivity index (χ4n) is 3.28. The Bertz CT molecular complexity index is 594. The van der Waals surface area contributed by atoms with Crippen molar-refractivity contribution in [3.8, 4) is 0 Å². The van der Waals surface area contributed by atoms with Crippen LogP contribution in [0.25, 0.3) is 0 Å². The molecule has 1 aromatic rings. The number of rotatable bonds is 5. The van der Waals surface area contributed by atoms with Crippen LogP contribution in [0, 0.1) is 0 Å².